The molecule has 0 atom stereocenters. The summed E-state index contributed by atoms with van der Waals surface area (Å²) in [6.07, 6.45) is 2.66. The largest absolute Gasteiger partial charge is 0.454 e. The summed E-state index contributed by atoms with van der Waals surface area (Å²) < 4.78 is 36.1. The molecule has 0 aliphatic carbocycles. The standard InChI is InChI=1S/C16H21ClN2O6S/c1-24-11-16(21)25-10-15(20)18-14-9-12(5-6-13(14)17)26(22,23)19-7-3-2-4-8-19/h5-6,9H,2-4,7-8,10-11H2,1H3,(H,18,20). The van der Waals surface area contributed by atoms with Crippen molar-refractivity contribution in [3.8, 4) is 0 Å². The van der Waals surface area contributed by atoms with Gasteiger partial charge in [0, 0.05) is 20.2 Å². The van der Waals surface area contributed by atoms with Crippen LogP contribution < -0.4 is 5.32 Å². The summed E-state index contributed by atoms with van der Waals surface area (Å²) in [5, 5.41) is 2.63. The van der Waals surface area contributed by atoms with Crippen LogP contribution in [0.4, 0.5) is 5.69 Å². The van der Waals surface area contributed by atoms with Crippen LogP contribution in [0, 0.1) is 0 Å². The number of carbonyl (C=O) groups is 2. The summed E-state index contributed by atoms with van der Waals surface area (Å²) in [6, 6.07) is 4.12. The summed E-state index contributed by atoms with van der Waals surface area (Å²) in [5.41, 5.74) is 0.137. The van der Waals surface area contributed by atoms with E-state index in [-0.39, 0.29) is 22.2 Å². The number of carbonyl (C=O) groups excluding carboxylic acids is 2. The van der Waals surface area contributed by atoms with Crippen LogP contribution >= 0.6 is 11.6 Å². The van der Waals surface area contributed by atoms with Crippen LogP contribution in [0.15, 0.2) is 23.1 Å². The Kier molecular flexibility index (Phi) is 7.39. The minimum absolute atomic E-state index is 0.0514. The van der Waals surface area contributed by atoms with Crippen LogP contribution in [0.25, 0.3) is 0 Å². The van der Waals surface area contributed by atoms with Gasteiger partial charge in [0.05, 0.1) is 15.6 Å². The number of halogens is 1. The lowest BCUT2D eigenvalue weighted by Crippen LogP contribution is -2.35. The van der Waals surface area contributed by atoms with Gasteiger partial charge in [-0.05, 0) is 31.0 Å². The second kappa shape index (κ2) is 9.31. The van der Waals surface area contributed by atoms with E-state index in [2.05, 4.69) is 10.1 Å². The molecule has 144 valence electrons. The number of benzene rings is 1. The van der Waals surface area contributed by atoms with E-state index >= 15 is 0 Å². The molecule has 1 amide bonds. The number of sulfonamides is 1. The molecular weight excluding hydrogens is 384 g/mol. The number of amides is 1. The van der Waals surface area contributed by atoms with Crippen LogP contribution in [0.1, 0.15) is 19.3 Å². The van der Waals surface area contributed by atoms with Crippen LogP contribution in [-0.4, -0.2) is 58.0 Å². The third kappa shape index (κ3) is 5.41. The molecule has 0 unspecified atom stereocenters. The van der Waals surface area contributed by atoms with Gasteiger partial charge in [0.25, 0.3) is 5.91 Å². The Morgan fingerprint density at radius 2 is 1.88 bits per heavy atom. The number of hydrogen-bond donors (Lipinski definition) is 1. The molecule has 1 aromatic rings. The van der Waals surface area contributed by atoms with Crippen molar-refractivity contribution in [3.63, 3.8) is 0 Å². The summed E-state index contributed by atoms with van der Waals surface area (Å²) in [7, 11) is -2.32. The first-order valence-corrected chi connectivity index (χ1v) is 9.90. The van der Waals surface area contributed by atoms with Gasteiger partial charge in [-0.1, -0.05) is 18.0 Å². The van der Waals surface area contributed by atoms with Crippen molar-refractivity contribution in [2.75, 3.05) is 38.7 Å². The summed E-state index contributed by atoms with van der Waals surface area (Å²) >= 11 is 6.04. The fraction of sp³-hybridized carbons (Fsp3) is 0.500. The minimum atomic E-state index is -3.65. The molecular formula is C16H21ClN2O6S. The fourth-order valence-corrected chi connectivity index (χ4v) is 4.22. The van der Waals surface area contributed by atoms with Gasteiger partial charge < -0.3 is 14.8 Å². The van der Waals surface area contributed by atoms with Gasteiger partial charge in [0.1, 0.15) is 6.61 Å². The number of ether oxygens (including phenoxy) is 2. The average molecular weight is 405 g/mol. The second-order valence-electron chi connectivity index (χ2n) is 5.75. The zero-order valence-corrected chi connectivity index (χ0v) is 15.9. The number of nitrogens with zero attached hydrogens (tertiary/aromatic N) is 1. The average Bonchev–Trinajstić information content (AvgIpc) is 2.62. The van der Waals surface area contributed by atoms with E-state index in [1.54, 1.807) is 0 Å². The molecule has 2 rings (SSSR count). The number of nitrogens with one attached hydrogen (secondary N) is 1. The molecule has 0 spiro atoms. The molecule has 0 saturated carbocycles. The van der Waals surface area contributed by atoms with Crippen LogP contribution in [0.5, 0.6) is 0 Å². The van der Waals surface area contributed by atoms with Crippen molar-refractivity contribution in [2.24, 2.45) is 0 Å². The van der Waals surface area contributed by atoms with E-state index in [0.29, 0.717) is 13.1 Å². The van der Waals surface area contributed by atoms with Gasteiger partial charge >= 0.3 is 5.97 Å². The van der Waals surface area contributed by atoms with Crippen molar-refractivity contribution >= 4 is 39.2 Å². The van der Waals surface area contributed by atoms with Crippen LogP contribution in [0.2, 0.25) is 5.02 Å². The lowest BCUT2D eigenvalue weighted by Gasteiger charge is -2.26. The highest BCUT2D eigenvalue weighted by atomic mass is 35.5. The van der Waals surface area contributed by atoms with E-state index in [0.717, 1.165) is 19.3 Å². The van der Waals surface area contributed by atoms with Crippen molar-refractivity contribution in [2.45, 2.75) is 24.2 Å². The molecule has 1 saturated heterocycles. The molecule has 1 aliphatic heterocycles. The van der Waals surface area contributed by atoms with E-state index in [9.17, 15) is 18.0 Å². The van der Waals surface area contributed by atoms with Crippen molar-refractivity contribution in [1.29, 1.82) is 0 Å². The second-order valence-corrected chi connectivity index (χ2v) is 8.09. The Balaban J connectivity index is 2.09. The molecule has 8 nitrogen and oxygen atoms in total. The van der Waals surface area contributed by atoms with Gasteiger partial charge in [-0.2, -0.15) is 4.31 Å². The quantitative estimate of drug-likeness (QED) is 0.693. The molecule has 1 fully saturated rings. The van der Waals surface area contributed by atoms with Crippen molar-refractivity contribution in [3.05, 3.63) is 23.2 Å². The van der Waals surface area contributed by atoms with E-state index in [4.69, 9.17) is 16.3 Å². The molecule has 0 aromatic heterocycles. The lowest BCUT2D eigenvalue weighted by atomic mass is 10.2. The predicted molar refractivity (Wildman–Crippen MR) is 95.5 cm³/mol. The first-order valence-electron chi connectivity index (χ1n) is 8.08. The van der Waals surface area contributed by atoms with Gasteiger partial charge in [-0.3, -0.25) is 4.79 Å². The third-order valence-electron chi connectivity index (χ3n) is 3.79. The SMILES string of the molecule is COCC(=O)OCC(=O)Nc1cc(S(=O)(=O)N2CCCCC2)ccc1Cl. The van der Waals surface area contributed by atoms with E-state index < -0.39 is 28.5 Å². The van der Waals surface area contributed by atoms with Crippen LogP contribution in [-0.2, 0) is 29.1 Å². The number of piperidine rings is 1. The Hall–Kier alpha value is -1.68. The topological polar surface area (TPSA) is 102 Å². The highest BCUT2D eigenvalue weighted by Gasteiger charge is 2.26. The number of anilines is 1. The molecule has 0 radical (unpaired) electrons. The van der Waals surface area contributed by atoms with Crippen molar-refractivity contribution < 1.29 is 27.5 Å². The highest BCUT2D eigenvalue weighted by Crippen LogP contribution is 2.28. The van der Waals surface area contributed by atoms with E-state index in [1.807, 2.05) is 0 Å². The Morgan fingerprint density at radius 1 is 1.19 bits per heavy atom. The maximum Gasteiger partial charge on any atom is 0.332 e. The Morgan fingerprint density at radius 3 is 2.54 bits per heavy atom. The first-order chi connectivity index (χ1) is 12.3. The summed E-state index contributed by atoms with van der Waals surface area (Å²) in [4.78, 5) is 23.1. The number of rotatable bonds is 7. The van der Waals surface area contributed by atoms with Crippen molar-refractivity contribution in [1.82, 2.24) is 4.31 Å². The normalized spacial score (nSPS) is 15.5. The molecule has 26 heavy (non-hydrogen) atoms. The number of esters is 1. The molecule has 1 aromatic carbocycles. The van der Waals surface area contributed by atoms with Gasteiger partial charge in [-0.15, -0.1) is 0 Å². The Labute approximate surface area is 157 Å². The molecule has 1 heterocycles. The molecule has 1 aliphatic rings. The molecule has 1 N–H and O–H groups in total. The van der Waals surface area contributed by atoms with Gasteiger partial charge in [0.2, 0.25) is 10.0 Å². The summed E-state index contributed by atoms with van der Waals surface area (Å²) in [5.74, 6) is -1.32. The van der Waals surface area contributed by atoms with Gasteiger partial charge in [-0.25, -0.2) is 13.2 Å². The minimum Gasteiger partial charge on any atom is -0.454 e. The predicted octanol–water partition coefficient (Wildman–Crippen LogP) is 1.64. The highest BCUT2D eigenvalue weighted by molar-refractivity contribution is 7.89. The van der Waals surface area contributed by atoms with E-state index in [1.165, 1.54) is 29.6 Å². The first kappa shape index (κ1) is 20.6. The van der Waals surface area contributed by atoms with Gasteiger partial charge in [0.15, 0.2) is 6.61 Å². The Bertz CT molecular complexity index is 762. The summed E-state index contributed by atoms with van der Waals surface area (Å²) in [6.45, 7) is 0.156. The number of methoxy groups -OCH3 is 1. The molecule has 0 bridgehead atoms. The zero-order chi connectivity index (χ0) is 19.2. The lowest BCUT2D eigenvalue weighted by molar-refractivity contribution is -0.150. The number of hydrogen-bond acceptors (Lipinski definition) is 6. The maximum absolute atomic E-state index is 12.7. The monoisotopic (exact) mass is 404 g/mol. The zero-order valence-electron chi connectivity index (χ0n) is 14.4. The molecule has 10 heteroatoms. The third-order valence-corrected chi connectivity index (χ3v) is 6.02. The maximum atomic E-state index is 12.7. The smallest absolute Gasteiger partial charge is 0.332 e. The fourth-order valence-electron chi connectivity index (χ4n) is 2.51. The van der Waals surface area contributed by atoms with Crippen LogP contribution in [0.3, 0.4) is 0 Å².